The largest absolute Gasteiger partial charge is 0.368 e. The first-order chi connectivity index (χ1) is 6.61. The molecule has 14 heavy (non-hydrogen) atoms. The zero-order valence-corrected chi connectivity index (χ0v) is 8.79. The van der Waals surface area contributed by atoms with E-state index in [1.54, 1.807) is 0 Å². The van der Waals surface area contributed by atoms with E-state index in [2.05, 4.69) is 16.9 Å². The third kappa shape index (κ3) is 2.00. The molecule has 1 saturated heterocycles. The van der Waals surface area contributed by atoms with Gasteiger partial charge in [-0.3, -0.25) is 0 Å². The fourth-order valence-electron chi connectivity index (χ4n) is 1.98. The summed E-state index contributed by atoms with van der Waals surface area (Å²) in [7, 11) is 0. The minimum atomic E-state index is -0.956. The molecular formula is C9H17N3O2. The Morgan fingerprint density at radius 3 is 2.57 bits per heavy atom. The van der Waals surface area contributed by atoms with Crippen LogP contribution in [0.3, 0.4) is 0 Å². The first-order valence-corrected chi connectivity index (χ1v) is 4.99. The van der Waals surface area contributed by atoms with E-state index < -0.39 is 12.3 Å². The topological polar surface area (TPSA) is 78.2 Å². The molecule has 0 aliphatic carbocycles. The van der Waals surface area contributed by atoms with Crippen LogP contribution in [0.4, 0.5) is 0 Å². The summed E-state index contributed by atoms with van der Waals surface area (Å²) in [6, 6.07) is -0.460. The van der Waals surface area contributed by atoms with Crippen molar-refractivity contribution < 1.29 is 9.84 Å². The van der Waals surface area contributed by atoms with Crippen molar-refractivity contribution in [1.29, 1.82) is 0 Å². The monoisotopic (exact) mass is 199 g/mol. The zero-order valence-electron chi connectivity index (χ0n) is 8.79. The lowest BCUT2D eigenvalue weighted by atomic mass is 9.81. The molecule has 1 N–H and O–H groups in total. The van der Waals surface area contributed by atoms with Crippen LogP contribution in [0.15, 0.2) is 5.11 Å². The average Bonchev–Trinajstić information content (AvgIpc) is 2.18. The minimum absolute atomic E-state index is 0.0603. The Bertz CT molecular complexity index is 240. The van der Waals surface area contributed by atoms with Crippen molar-refractivity contribution in [1.82, 2.24) is 0 Å². The first-order valence-electron chi connectivity index (χ1n) is 4.99. The van der Waals surface area contributed by atoms with Gasteiger partial charge in [0.2, 0.25) is 0 Å². The molecule has 5 nitrogen and oxygen atoms in total. The van der Waals surface area contributed by atoms with Gasteiger partial charge in [0, 0.05) is 4.91 Å². The summed E-state index contributed by atoms with van der Waals surface area (Å²) in [4.78, 5) is 2.73. The molecule has 1 rings (SSSR count). The Balaban J connectivity index is 2.78. The number of hydrogen-bond acceptors (Lipinski definition) is 3. The second kappa shape index (κ2) is 4.64. The number of nitrogens with zero attached hydrogens (tertiary/aromatic N) is 3. The first kappa shape index (κ1) is 11.3. The molecule has 1 fully saturated rings. The van der Waals surface area contributed by atoms with Crippen LogP contribution in [0.5, 0.6) is 0 Å². The molecule has 0 aromatic heterocycles. The van der Waals surface area contributed by atoms with Crippen LogP contribution in [-0.4, -0.2) is 23.5 Å². The molecule has 1 aliphatic heterocycles. The van der Waals surface area contributed by atoms with Gasteiger partial charge in [0.05, 0.1) is 12.1 Å². The van der Waals surface area contributed by atoms with Crippen molar-refractivity contribution in [3.05, 3.63) is 10.4 Å². The number of azide groups is 1. The van der Waals surface area contributed by atoms with Crippen molar-refractivity contribution in [3.63, 3.8) is 0 Å². The summed E-state index contributed by atoms with van der Waals surface area (Å²) in [6.07, 6.45) is -0.0295. The second-order valence-electron chi connectivity index (χ2n) is 3.89. The Hall–Kier alpha value is -0.770. The fraction of sp³-hybridized carbons (Fsp3) is 1.00. The summed E-state index contributed by atoms with van der Waals surface area (Å²) in [5.41, 5.74) is 8.36. The van der Waals surface area contributed by atoms with Gasteiger partial charge in [0.25, 0.3) is 0 Å². The molecule has 80 valence electrons. The normalized spacial score (nSPS) is 43.0. The quantitative estimate of drug-likeness (QED) is 0.419. The highest BCUT2D eigenvalue weighted by molar-refractivity contribution is 4.88. The maximum Gasteiger partial charge on any atom is 0.163 e. The predicted molar refractivity (Wildman–Crippen MR) is 52.4 cm³/mol. The number of aliphatic hydroxyl groups is 1. The molecule has 0 radical (unpaired) electrons. The molecule has 5 atom stereocenters. The van der Waals surface area contributed by atoms with E-state index in [1.807, 2.05) is 13.8 Å². The minimum Gasteiger partial charge on any atom is -0.368 e. The van der Waals surface area contributed by atoms with Crippen molar-refractivity contribution in [2.45, 2.75) is 45.6 Å². The Kier molecular flexibility index (Phi) is 3.75. The summed E-state index contributed by atoms with van der Waals surface area (Å²) in [6.45, 7) is 6.07. The number of aliphatic hydroxyl groups excluding tert-OH is 1. The van der Waals surface area contributed by atoms with E-state index in [1.165, 1.54) is 0 Å². The van der Waals surface area contributed by atoms with Crippen molar-refractivity contribution in [2.24, 2.45) is 17.0 Å². The van der Waals surface area contributed by atoms with Gasteiger partial charge in [-0.15, -0.1) is 0 Å². The van der Waals surface area contributed by atoms with Gasteiger partial charge in [0.1, 0.15) is 0 Å². The highest BCUT2D eigenvalue weighted by Gasteiger charge is 2.39. The van der Waals surface area contributed by atoms with Gasteiger partial charge >= 0.3 is 0 Å². The van der Waals surface area contributed by atoms with Crippen LogP contribution in [0, 0.1) is 11.8 Å². The Labute approximate surface area is 83.7 Å². The molecule has 0 amide bonds. The molecule has 0 aromatic rings. The van der Waals surface area contributed by atoms with E-state index >= 15 is 0 Å². The average molecular weight is 199 g/mol. The summed E-state index contributed by atoms with van der Waals surface area (Å²) in [5.74, 6) is 0.457. The smallest absolute Gasteiger partial charge is 0.163 e. The standard InChI is InChI=1S/C9H17N3O2/c1-4-7-5(2)6(3)8(11-12-10)9(13)14-7/h5-9,13H,4H2,1-3H3/t5-,6+,7+,8?,9-/m1/s1. The van der Waals surface area contributed by atoms with E-state index in [0.29, 0.717) is 5.92 Å². The Morgan fingerprint density at radius 1 is 1.43 bits per heavy atom. The second-order valence-corrected chi connectivity index (χ2v) is 3.89. The van der Waals surface area contributed by atoms with Gasteiger partial charge in [-0.25, -0.2) is 0 Å². The molecule has 1 unspecified atom stereocenters. The molecule has 0 spiro atoms. The van der Waals surface area contributed by atoms with Crippen molar-refractivity contribution in [3.8, 4) is 0 Å². The molecular weight excluding hydrogens is 182 g/mol. The van der Waals surface area contributed by atoms with E-state index in [-0.39, 0.29) is 12.0 Å². The van der Waals surface area contributed by atoms with Crippen LogP contribution < -0.4 is 0 Å². The predicted octanol–water partition coefficient (Wildman–Crippen LogP) is 2.06. The third-order valence-corrected chi connectivity index (χ3v) is 3.15. The zero-order chi connectivity index (χ0) is 10.7. The lowest BCUT2D eigenvalue weighted by Crippen LogP contribution is -2.47. The van der Waals surface area contributed by atoms with Gasteiger partial charge in [-0.05, 0) is 23.8 Å². The van der Waals surface area contributed by atoms with Gasteiger partial charge < -0.3 is 9.84 Å². The van der Waals surface area contributed by atoms with Crippen LogP contribution in [0.25, 0.3) is 10.4 Å². The summed E-state index contributed by atoms with van der Waals surface area (Å²) in [5, 5.41) is 13.2. The van der Waals surface area contributed by atoms with E-state index in [4.69, 9.17) is 10.3 Å². The lowest BCUT2D eigenvalue weighted by molar-refractivity contribution is -0.205. The fourth-order valence-corrected chi connectivity index (χ4v) is 1.98. The number of rotatable bonds is 2. The SMILES string of the molecule is CC[C@@H]1O[C@@H](O)C(N=[N+]=[N-])[C@@H](C)[C@H]1C. The van der Waals surface area contributed by atoms with Crippen LogP contribution in [0.1, 0.15) is 27.2 Å². The Morgan fingerprint density at radius 2 is 2.07 bits per heavy atom. The van der Waals surface area contributed by atoms with Crippen LogP contribution >= 0.6 is 0 Å². The molecule has 5 heteroatoms. The van der Waals surface area contributed by atoms with Gasteiger partial charge in [-0.2, -0.15) is 0 Å². The molecule has 0 bridgehead atoms. The molecule has 1 aliphatic rings. The van der Waals surface area contributed by atoms with Crippen molar-refractivity contribution in [2.75, 3.05) is 0 Å². The highest BCUT2D eigenvalue weighted by Crippen LogP contribution is 2.33. The molecule has 0 saturated carbocycles. The summed E-state index contributed by atoms with van der Waals surface area (Å²) < 4.78 is 5.37. The number of ether oxygens (including phenoxy) is 1. The highest BCUT2D eigenvalue weighted by atomic mass is 16.6. The maximum atomic E-state index is 9.60. The van der Waals surface area contributed by atoms with Crippen LogP contribution in [-0.2, 0) is 4.74 Å². The van der Waals surface area contributed by atoms with Gasteiger partial charge in [-0.1, -0.05) is 25.9 Å². The lowest BCUT2D eigenvalue weighted by Gasteiger charge is -2.40. The third-order valence-electron chi connectivity index (χ3n) is 3.15. The van der Waals surface area contributed by atoms with E-state index in [9.17, 15) is 5.11 Å². The molecule has 0 aromatic carbocycles. The number of hydrogen-bond donors (Lipinski definition) is 1. The summed E-state index contributed by atoms with van der Waals surface area (Å²) >= 11 is 0. The maximum absolute atomic E-state index is 9.60. The van der Waals surface area contributed by atoms with Crippen LogP contribution in [0.2, 0.25) is 0 Å². The molecule has 1 heterocycles. The van der Waals surface area contributed by atoms with Gasteiger partial charge in [0.15, 0.2) is 6.29 Å². The van der Waals surface area contributed by atoms with E-state index in [0.717, 1.165) is 6.42 Å². The van der Waals surface area contributed by atoms with Crippen molar-refractivity contribution >= 4 is 0 Å².